The van der Waals surface area contributed by atoms with Crippen LogP contribution < -0.4 is 4.74 Å². The van der Waals surface area contributed by atoms with E-state index in [9.17, 15) is 5.11 Å². The third-order valence-electron chi connectivity index (χ3n) is 3.58. The maximum absolute atomic E-state index is 10.8. The van der Waals surface area contributed by atoms with Gasteiger partial charge in [0.15, 0.2) is 0 Å². The molecule has 0 saturated carbocycles. The zero-order chi connectivity index (χ0) is 14.9. The van der Waals surface area contributed by atoms with Crippen molar-refractivity contribution in [2.24, 2.45) is 0 Å². The molecular weight excluding hydrogens is 320 g/mol. The highest BCUT2D eigenvalue weighted by Crippen LogP contribution is 2.39. The quantitative estimate of drug-likeness (QED) is 0.902. The van der Waals surface area contributed by atoms with Crippen LogP contribution in [0.15, 0.2) is 27.3 Å². The van der Waals surface area contributed by atoms with Gasteiger partial charge in [0.25, 0.3) is 0 Å². The first-order chi connectivity index (χ1) is 9.51. The van der Waals surface area contributed by atoms with Crippen molar-refractivity contribution in [1.82, 2.24) is 0 Å². The first kappa shape index (κ1) is 15.1. The second-order valence-electron chi connectivity index (χ2n) is 4.80. The zero-order valence-electron chi connectivity index (χ0n) is 12.2. The maximum Gasteiger partial charge on any atom is 0.128 e. The summed E-state index contributed by atoms with van der Waals surface area (Å²) in [5, 5.41) is 10.8. The Morgan fingerprint density at radius 3 is 2.70 bits per heavy atom. The Labute approximate surface area is 127 Å². The van der Waals surface area contributed by atoms with Crippen LogP contribution in [0, 0.1) is 13.8 Å². The van der Waals surface area contributed by atoms with Crippen molar-refractivity contribution in [1.29, 1.82) is 0 Å². The van der Waals surface area contributed by atoms with Gasteiger partial charge in [0.1, 0.15) is 17.6 Å². The predicted molar refractivity (Wildman–Crippen MR) is 82.3 cm³/mol. The summed E-state index contributed by atoms with van der Waals surface area (Å²) in [6, 6.07) is 3.82. The molecule has 1 heterocycles. The minimum Gasteiger partial charge on any atom is -0.496 e. The van der Waals surface area contributed by atoms with E-state index in [2.05, 4.69) is 15.9 Å². The number of aliphatic hydroxyl groups is 1. The molecule has 0 radical (unpaired) electrons. The maximum atomic E-state index is 10.8. The van der Waals surface area contributed by atoms with Gasteiger partial charge in [0.05, 0.1) is 13.4 Å². The molecule has 0 aliphatic rings. The topological polar surface area (TPSA) is 42.6 Å². The van der Waals surface area contributed by atoms with Crippen LogP contribution in [0.1, 0.15) is 41.0 Å². The fraction of sp³-hybridized carbons (Fsp3) is 0.375. The molecule has 0 aliphatic heterocycles. The first-order valence-electron chi connectivity index (χ1n) is 6.59. The molecule has 2 aromatic rings. The van der Waals surface area contributed by atoms with Crippen molar-refractivity contribution in [2.75, 3.05) is 7.11 Å². The predicted octanol–water partition coefficient (Wildman–Crippen LogP) is 4.31. The highest BCUT2D eigenvalue weighted by Gasteiger charge is 2.24. The summed E-state index contributed by atoms with van der Waals surface area (Å²) in [6.07, 6.45) is 1.60. The van der Waals surface area contributed by atoms with Gasteiger partial charge in [-0.05, 0) is 37.1 Å². The lowest BCUT2D eigenvalue weighted by Gasteiger charge is -2.20. The van der Waals surface area contributed by atoms with Gasteiger partial charge in [0, 0.05) is 22.0 Å². The molecule has 1 atom stereocenters. The van der Waals surface area contributed by atoms with Gasteiger partial charge in [-0.2, -0.15) is 0 Å². The van der Waals surface area contributed by atoms with E-state index in [-0.39, 0.29) is 0 Å². The Morgan fingerprint density at radius 1 is 1.40 bits per heavy atom. The van der Waals surface area contributed by atoms with Crippen molar-refractivity contribution in [3.8, 4) is 5.75 Å². The van der Waals surface area contributed by atoms with E-state index in [1.165, 1.54) is 0 Å². The van der Waals surface area contributed by atoms with Crippen LogP contribution in [0.5, 0.6) is 5.75 Å². The lowest BCUT2D eigenvalue weighted by atomic mass is 9.94. The normalized spacial score (nSPS) is 12.5. The van der Waals surface area contributed by atoms with Crippen molar-refractivity contribution >= 4 is 15.9 Å². The summed E-state index contributed by atoms with van der Waals surface area (Å²) in [7, 11) is 1.63. The largest absolute Gasteiger partial charge is 0.496 e. The lowest BCUT2D eigenvalue weighted by molar-refractivity contribution is 0.211. The van der Waals surface area contributed by atoms with Gasteiger partial charge >= 0.3 is 0 Å². The molecule has 0 bridgehead atoms. The van der Waals surface area contributed by atoms with Crippen LogP contribution in [0.25, 0.3) is 0 Å². The highest BCUT2D eigenvalue weighted by atomic mass is 79.9. The van der Waals surface area contributed by atoms with Crippen molar-refractivity contribution in [3.05, 3.63) is 50.9 Å². The van der Waals surface area contributed by atoms with Crippen LogP contribution in [0.2, 0.25) is 0 Å². The fourth-order valence-corrected chi connectivity index (χ4v) is 3.07. The lowest BCUT2D eigenvalue weighted by Crippen LogP contribution is -2.07. The summed E-state index contributed by atoms with van der Waals surface area (Å²) < 4.78 is 11.9. The Morgan fingerprint density at radius 2 is 2.10 bits per heavy atom. The average Bonchev–Trinajstić information content (AvgIpc) is 2.90. The Kier molecular flexibility index (Phi) is 4.55. The Balaban J connectivity index is 2.62. The van der Waals surface area contributed by atoms with E-state index in [1.807, 2.05) is 32.9 Å². The number of hydrogen-bond acceptors (Lipinski definition) is 3. The third kappa shape index (κ3) is 2.50. The number of rotatable bonds is 4. The molecule has 0 aliphatic carbocycles. The average molecular weight is 339 g/mol. The monoisotopic (exact) mass is 338 g/mol. The molecular formula is C16H19BrO3. The van der Waals surface area contributed by atoms with E-state index < -0.39 is 6.10 Å². The summed E-state index contributed by atoms with van der Waals surface area (Å²) in [4.78, 5) is 0. The highest BCUT2D eigenvalue weighted by molar-refractivity contribution is 9.10. The van der Waals surface area contributed by atoms with Crippen molar-refractivity contribution in [3.63, 3.8) is 0 Å². The molecule has 1 aromatic carbocycles. The molecule has 2 rings (SSSR count). The minimum absolute atomic E-state index is 0.724. The molecule has 1 aromatic heterocycles. The molecule has 0 fully saturated rings. The van der Waals surface area contributed by atoms with Gasteiger partial charge in [-0.3, -0.25) is 0 Å². The van der Waals surface area contributed by atoms with E-state index in [0.29, 0.717) is 0 Å². The molecule has 0 spiro atoms. The van der Waals surface area contributed by atoms with Gasteiger partial charge in [-0.1, -0.05) is 22.9 Å². The number of ether oxygens (including phenoxy) is 1. The molecule has 0 saturated heterocycles. The minimum atomic E-state index is -0.755. The Bertz CT molecular complexity index is 616. The molecule has 20 heavy (non-hydrogen) atoms. The summed E-state index contributed by atoms with van der Waals surface area (Å²) in [6.45, 7) is 5.94. The number of aliphatic hydroxyl groups excluding tert-OH is 1. The van der Waals surface area contributed by atoms with E-state index in [1.54, 1.807) is 13.4 Å². The Hall–Kier alpha value is -1.26. The summed E-state index contributed by atoms with van der Waals surface area (Å²) in [5.74, 6) is 1.53. The zero-order valence-corrected chi connectivity index (χ0v) is 13.7. The van der Waals surface area contributed by atoms with Gasteiger partial charge in [0.2, 0.25) is 0 Å². The second-order valence-corrected chi connectivity index (χ2v) is 5.66. The summed E-state index contributed by atoms with van der Waals surface area (Å²) in [5.41, 5.74) is 3.55. The molecule has 108 valence electrons. The van der Waals surface area contributed by atoms with Crippen LogP contribution in [-0.2, 0) is 6.42 Å². The fourth-order valence-electron chi connectivity index (χ4n) is 2.51. The molecule has 3 nitrogen and oxygen atoms in total. The van der Waals surface area contributed by atoms with Crippen LogP contribution in [0.3, 0.4) is 0 Å². The van der Waals surface area contributed by atoms with Crippen LogP contribution in [-0.4, -0.2) is 12.2 Å². The number of methoxy groups -OCH3 is 1. The van der Waals surface area contributed by atoms with Crippen molar-refractivity contribution in [2.45, 2.75) is 33.3 Å². The van der Waals surface area contributed by atoms with E-state index in [0.717, 1.165) is 44.7 Å². The van der Waals surface area contributed by atoms with E-state index in [4.69, 9.17) is 9.15 Å². The smallest absolute Gasteiger partial charge is 0.128 e. The molecule has 0 amide bonds. The number of halogens is 1. The van der Waals surface area contributed by atoms with Crippen LogP contribution in [0.4, 0.5) is 0 Å². The van der Waals surface area contributed by atoms with Crippen LogP contribution >= 0.6 is 15.9 Å². The summed E-state index contributed by atoms with van der Waals surface area (Å²) >= 11 is 3.54. The number of aryl methyl sites for hydroxylation is 2. The standard InChI is InChI=1S/C16H19BrO3/c1-5-13-11(6-7-20-13)15(18)14-10(3)12(17)8-9(2)16(14)19-4/h6-8,15,18H,5H2,1-4H3. The van der Waals surface area contributed by atoms with Crippen molar-refractivity contribution < 1.29 is 14.3 Å². The van der Waals surface area contributed by atoms with Gasteiger partial charge in [-0.25, -0.2) is 0 Å². The third-order valence-corrected chi connectivity index (χ3v) is 4.41. The van der Waals surface area contributed by atoms with Gasteiger partial charge in [-0.15, -0.1) is 0 Å². The number of benzene rings is 1. The molecule has 1 N–H and O–H groups in total. The first-order valence-corrected chi connectivity index (χ1v) is 7.38. The van der Waals surface area contributed by atoms with Gasteiger partial charge < -0.3 is 14.3 Å². The SMILES string of the molecule is CCc1occc1C(O)c1c(C)c(Br)cc(C)c1OC. The van der Waals surface area contributed by atoms with E-state index >= 15 is 0 Å². The molecule has 1 unspecified atom stereocenters. The second kappa shape index (κ2) is 6.02. The number of hydrogen-bond donors (Lipinski definition) is 1. The number of furan rings is 1. The molecule has 4 heteroatoms.